The summed E-state index contributed by atoms with van der Waals surface area (Å²) in [6.45, 7) is 0.985. The molecule has 2 saturated carbocycles. The van der Waals surface area contributed by atoms with Gasteiger partial charge in [0, 0.05) is 18.6 Å². The maximum atomic E-state index is 14.2. The second kappa shape index (κ2) is 8.19. The van der Waals surface area contributed by atoms with E-state index in [0.29, 0.717) is 19.2 Å². The van der Waals surface area contributed by atoms with Crippen LogP contribution in [0, 0.1) is 5.41 Å². The first-order chi connectivity index (χ1) is 15.0. The van der Waals surface area contributed by atoms with Crippen molar-refractivity contribution in [1.82, 2.24) is 4.90 Å². The maximum absolute atomic E-state index is 14.2. The fourth-order valence-corrected chi connectivity index (χ4v) is 6.51. The number of carbonyl (C=O) groups excluding carboxylic acids is 1. The van der Waals surface area contributed by atoms with E-state index in [0.717, 1.165) is 62.7 Å². The molecule has 1 aromatic carbocycles. The molecule has 2 spiro atoms. The van der Waals surface area contributed by atoms with Crippen LogP contribution in [0.15, 0.2) is 23.2 Å². The molecule has 1 aliphatic heterocycles. The van der Waals surface area contributed by atoms with Crippen molar-refractivity contribution in [2.75, 3.05) is 20.3 Å². The lowest BCUT2D eigenvalue weighted by Gasteiger charge is -2.45. The lowest BCUT2D eigenvalue weighted by Crippen LogP contribution is -2.55. The Morgan fingerprint density at radius 3 is 2.65 bits per heavy atom. The number of benzene rings is 1. The number of hydrogen-bond donors (Lipinski definition) is 1. The molecule has 0 bridgehead atoms. The van der Waals surface area contributed by atoms with Crippen molar-refractivity contribution >= 4 is 34.9 Å². The van der Waals surface area contributed by atoms with Gasteiger partial charge in [0.1, 0.15) is 35.4 Å². The van der Waals surface area contributed by atoms with Crippen LogP contribution in [0.25, 0.3) is 0 Å². The molecule has 1 amide bonds. The molecular weight excluding hydrogens is 509 g/mol. The predicted molar refractivity (Wildman–Crippen MR) is 125 cm³/mol. The Bertz CT molecular complexity index is 895. The smallest absolute Gasteiger partial charge is 0.262 e. The largest absolute Gasteiger partial charge is 0.491 e. The van der Waals surface area contributed by atoms with Gasteiger partial charge in [-0.25, -0.2) is 4.99 Å². The van der Waals surface area contributed by atoms with Gasteiger partial charge in [-0.1, -0.05) is 6.07 Å². The molecule has 2 N–H and O–H groups in total. The zero-order chi connectivity index (χ0) is 21.6. The zero-order valence-electron chi connectivity index (χ0n) is 17.9. The molecule has 8 heteroatoms. The highest BCUT2D eigenvalue weighted by atomic mass is 127. The van der Waals surface area contributed by atoms with Crippen LogP contribution in [0.4, 0.5) is 0 Å². The molecule has 168 valence electrons. The Kier molecular flexibility index (Phi) is 5.67. The van der Waals surface area contributed by atoms with Crippen LogP contribution in [0.5, 0.6) is 5.75 Å². The van der Waals surface area contributed by atoms with E-state index in [1.807, 2.05) is 35.1 Å². The number of fused-ring (bicyclic) bond motifs is 3. The Hall–Kier alpha value is -1.39. The maximum Gasteiger partial charge on any atom is 0.262 e. The minimum atomic E-state index is -0.946. The summed E-state index contributed by atoms with van der Waals surface area (Å²) in [5.41, 5.74) is 7.42. The first-order valence-electron chi connectivity index (χ1n) is 11.3. The van der Waals surface area contributed by atoms with E-state index in [1.165, 1.54) is 5.56 Å². The molecule has 1 aromatic rings. The Morgan fingerprint density at radius 1 is 1.23 bits per heavy atom. The van der Waals surface area contributed by atoms with Crippen molar-refractivity contribution in [2.24, 2.45) is 16.1 Å². The number of hydrogen-bond acceptors (Lipinski definition) is 6. The number of methoxy groups -OCH3 is 1. The van der Waals surface area contributed by atoms with E-state index in [9.17, 15) is 4.79 Å². The van der Waals surface area contributed by atoms with E-state index in [2.05, 4.69) is 6.07 Å². The van der Waals surface area contributed by atoms with E-state index in [4.69, 9.17) is 23.3 Å². The molecule has 1 heterocycles. The van der Waals surface area contributed by atoms with Crippen LogP contribution in [0.2, 0.25) is 0 Å². The number of carbonyl (C=O) groups is 1. The van der Waals surface area contributed by atoms with E-state index in [1.54, 1.807) is 12.0 Å². The first kappa shape index (κ1) is 21.5. The number of aliphatic imine (C=N–C) groups is 1. The van der Waals surface area contributed by atoms with Gasteiger partial charge in [0.05, 0.1) is 12.7 Å². The standard InChI is InChI=1S/C23H30IN3O4/c1-29-11-12-30-18-6-5-15-14-22(9-7-17(31-24)8-10-22)23(19(15)13-18)20(28)27(21(25)26-23)16-3-2-4-16/h5-6,13,16-17H,2-4,7-12,14H2,1H3,(H2,25,26). The average Bonchev–Trinajstić information content (AvgIpc) is 3.15. The molecular formula is C23H30IN3O4. The quantitative estimate of drug-likeness (QED) is 0.442. The SMILES string of the molecule is COCCOc1ccc2c(c1)C1(N=C(N)N(C3CCC3)C1=O)C1(CCC(OI)CC1)C2. The van der Waals surface area contributed by atoms with Crippen molar-refractivity contribution < 1.29 is 17.3 Å². The molecule has 5 rings (SSSR count). The third kappa shape index (κ3) is 3.20. The molecule has 1 unspecified atom stereocenters. The number of guanidine groups is 1. The summed E-state index contributed by atoms with van der Waals surface area (Å²) in [5, 5.41) is 0. The highest BCUT2D eigenvalue weighted by Crippen LogP contribution is 2.62. The Morgan fingerprint density at radius 2 is 2.00 bits per heavy atom. The summed E-state index contributed by atoms with van der Waals surface area (Å²) in [6.07, 6.45) is 7.89. The van der Waals surface area contributed by atoms with Gasteiger partial charge in [-0.2, -0.15) is 0 Å². The topological polar surface area (TPSA) is 86.4 Å². The van der Waals surface area contributed by atoms with Gasteiger partial charge < -0.3 is 18.3 Å². The number of halogens is 1. The van der Waals surface area contributed by atoms with Gasteiger partial charge in [-0.15, -0.1) is 0 Å². The normalized spacial score (nSPS) is 32.5. The van der Waals surface area contributed by atoms with E-state index < -0.39 is 5.54 Å². The summed E-state index contributed by atoms with van der Waals surface area (Å²) in [7, 11) is 1.66. The first-order valence-corrected chi connectivity index (χ1v) is 12.1. The third-order valence-electron chi connectivity index (χ3n) is 7.84. The van der Waals surface area contributed by atoms with Crippen LogP contribution in [0.1, 0.15) is 56.1 Å². The fraction of sp³-hybridized carbons (Fsp3) is 0.652. The monoisotopic (exact) mass is 539 g/mol. The van der Waals surface area contributed by atoms with Crippen molar-refractivity contribution in [3.63, 3.8) is 0 Å². The molecule has 7 nitrogen and oxygen atoms in total. The second-order valence-corrected chi connectivity index (χ2v) is 9.85. The molecule has 4 aliphatic rings. The van der Waals surface area contributed by atoms with Gasteiger partial charge >= 0.3 is 0 Å². The fourth-order valence-electron chi connectivity index (χ4n) is 6.00. The highest BCUT2D eigenvalue weighted by molar-refractivity contribution is 14.1. The van der Waals surface area contributed by atoms with E-state index in [-0.39, 0.29) is 23.5 Å². The van der Waals surface area contributed by atoms with Gasteiger partial charge in [0.15, 0.2) is 11.5 Å². The number of amides is 1. The Labute approximate surface area is 197 Å². The van der Waals surface area contributed by atoms with Gasteiger partial charge in [0.25, 0.3) is 5.91 Å². The number of nitrogens with two attached hydrogens (primary N) is 1. The van der Waals surface area contributed by atoms with Crippen LogP contribution >= 0.6 is 23.0 Å². The van der Waals surface area contributed by atoms with Crippen LogP contribution in [-0.2, 0) is 24.6 Å². The minimum Gasteiger partial charge on any atom is -0.491 e. The molecule has 3 aliphatic carbocycles. The lowest BCUT2D eigenvalue weighted by molar-refractivity contribution is -0.140. The predicted octanol–water partition coefficient (Wildman–Crippen LogP) is 3.47. The van der Waals surface area contributed by atoms with E-state index >= 15 is 0 Å². The zero-order valence-corrected chi connectivity index (χ0v) is 20.1. The van der Waals surface area contributed by atoms with Crippen molar-refractivity contribution in [3.05, 3.63) is 29.3 Å². The molecule has 0 radical (unpaired) electrons. The van der Waals surface area contributed by atoms with Gasteiger partial charge in [0.2, 0.25) is 0 Å². The molecule has 31 heavy (non-hydrogen) atoms. The molecule has 2 fully saturated rings. The summed E-state index contributed by atoms with van der Waals surface area (Å²) >= 11 is 2.00. The van der Waals surface area contributed by atoms with Crippen molar-refractivity contribution in [1.29, 1.82) is 0 Å². The van der Waals surface area contributed by atoms with Crippen LogP contribution < -0.4 is 10.5 Å². The lowest BCUT2D eigenvalue weighted by atomic mass is 9.61. The molecule has 0 saturated heterocycles. The summed E-state index contributed by atoms with van der Waals surface area (Å²) < 4.78 is 16.6. The number of ether oxygens (including phenoxy) is 2. The van der Waals surface area contributed by atoms with Crippen molar-refractivity contribution in [3.8, 4) is 5.75 Å². The van der Waals surface area contributed by atoms with Gasteiger partial charge in [-0.3, -0.25) is 9.69 Å². The average molecular weight is 539 g/mol. The summed E-state index contributed by atoms with van der Waals surface area (Å²) in [4.78, 5) is 21.0. The van der Waals surface area contributed by atoms with Crippen LogP contribution in [-0.4, -0.2) is 49.2 Å². The molecule has 0 aromatic heterocycles. The minimum absolute atomic E-state index is 0.0660. The summed E-state index contributed by atoms with van der Waals surface area (Å²) in [5.74, 6) is 1.20. The number of nitrogens with zero attached hydrogens (tertiary/aromatic N) is 2. The van der Waals surface area contributed by atoms with Gasteiger partial charge in [-0.05, 0) is 74.6 Å². The number of rotatable bonds is 6. The molecule has 1 atom stereocenters. The highest BCUT2D eigenvalue weighted by Gasteiger charge is 2.67. The Balaban J connectivity index is 1.57. The van der Waals surface area contributed by atoms with Crippen molar-refractivity contribution in [2.45, 2.75) is 69.1 Å². The summed E-state index contributed by atoms with van der Waals surface area (Å²) in [6, 6.07) is 6.32. The third-order valence-corrected chi connectivity index (χ3v) is 8.56. The van der Waals surface area contributed by atoms with Crippen LogP contribution in [0.3, 0.4) is 0 Å². The second-order valence-electron chi connectivity index (χ2n) is 9.35.